The molecule has 33 heavy (non-hydrogen) atoms. The van der Waals surface area contributed by atoms with E-state index in [0.29, 0.717) is 18.0 Å². The summed E-state index contributed by atoms with van der Waals surface area (Å²) in [5.41, 5.74) is 5.19. The van der Waals surface area contributed by atoms with Crippen molar-refractivity contribution in [2.24, 2.45) is 7.05 Å². The van der Waals surface area contributed by atoms with Crippen LogP contribution in [0.5, 0.6) is 5.75 Å². The number of halogens is 1. The average molecular weight is 448 g/mol. The van der Waals surface area contributed by atoms with E-state index < -0.39 is 0 Å². The van der Waals surface area contributed by atoms with Gasteiger partial charge < -0.3 is 9.30 Å². The second-order valence-electron chi connectivity index (χ2n) is 8.94. The van der Waals surface area contributed by atoms with E-state index in [2.05, 4.69) is 33.8 Å². The van der Waals surface area contributed by atoms with E-state index in [1.54, 1.807) is 7.11 Å². The number of hydrogen-bond acceptors (Lipinski definition) is 4. The third-order valence-electron chi connectivity index (χ3n) is 6.70. The number of hydrogen-bond donors (Lipinski definition) is 0. The highest BCUT2D eigenvalue weighted by molar-refractivity contribution is 5.76. The summed E-state index contributed by atoms with van der Waals surface area (Å²) >= 11 is 0. The molecule has 2 aromatic heterocycles. The lowest BCUT2D eigenvalue weighted by Gasteiger charge is -2.33. The van der Waals surface area contributed by atoms with Crippen LogP contribution >= 0.6 is 0 Å². The van der Waals surface area contributed by atoms with E-state index in [9.17, 15) is 4.39 Å². The zero-order valence-electron chi connectivity index (χ0n) is 19.5. The van der Waals surface area contributed by atoms with Crippen molar-refractivity contribution in [2.75, 3.05) is 20.2 Å². The number of ether oxygens (including phenoxy) is 1. The van der Waals surface area contributed by atoms with Gasteiger partial charge in [-0.3, -0.25) is 9.58 Å². The van der Waals surface area contributed by atoms with Gasteiger partial charge in [-0.2, -0.15) is 5.10 Å². The van der Waals surface area contributed by atoms with Crippen molar-refractivity contribution in [3.05, 3.63) is 77.1 Å². The molecule has 3 heterocycles. The molecule has 0 saturated carbocycles. The Kier molecular flexibility index (Phi) is 5.89. The molecular weight excluding hydrogens is 417 g/mol. The van der Waals surface area contributed by atoms with Gasteiger partial charge in [0.05, 0.1) is 23.8 Å². The molecule has 4 aromatic rings. The summed E-state index contributed by atoms with van der Waals surface area (Å²) in [6.45, 7) is 5.02. The Labute approximate surface area is 193 Å². The van der Waals surface area contributed by atoms with Gasteiger partial charge in [0.1, 0.15) is 17.4 Å². The number of nitrogens with zero attached hydrogens (tertiary/aromatic N) is 5. The molecular formula is C26H30FN5O. The van der Waals surface area contributed by atoms with Gasteiger partial charge in [0.2, 0.25) is 0 Å². The fourth-order valence-corrected chi connectivity index (χ4v) is 5.05. The molecule has 0 aliphatic carbocycles. The standard InChI is InChI=1S/C26H30FN5O/c1-18-20(16-30(2)29-18)17-31-12-10-22(11-13-31)32-24-9-8-21(27)15-23(24)28-26(32)14-19-6-4-5-7-25(19)33-3/h4-9,15-16,22H,10-14,17H2,1-3H3. The number of methoxy groups -OCH3 is 1. The zero-order valence-corrected chi connectivity index (χ0v) is 19.5. The summed E-state index contributed by atoms with van der Waals surface area (Å²) in [5, 5.41) is 4.48. The lowest BCUT2D eigenvalue weighted by atomic mass is 10.0. The van der Waals surface area contributed by atoms with Crippen LogP contribution in [-0.2, 0) is 20.0 Å². The number of fused-ring (bicyclic) bond motifs is 1. The SMILES string of the molecule is COc1ccccc1Cc1nc2cc(F)ccc2n1C1CCN(Cc2cn(C)nc2C)CC1. The number of likely N-dealkylation sites (tertiary alicyclic amines) is 1. The van der Waals surface area contributed by atoms with Crippen molar-refractivity contribution in [1.29, 1.82) is 0 Å². The Morgan fingerprint density at radius 2 is 1.88 bits per heavy atom. The fraction of sp³-hybridized carbons (Fsp3) is 0.385. The first-order chi connectivity index (χ1) is 16.0. The third-order valence-corrected chi connectivity index (χ3v) is 6.70. The first-order valence-electron chi connectivity index (χ1n) is 11.5. The van der Waals surface area contributed by atoms with Crippen molar-refractivity contribution in [1.82, 2.24) is 24.2 Å². The number of benzene rings is 2. The molecule has 0 amide bonds. The van der Waals surface area contributed by atoms with E-state index in [1.165, 1.54) is 17.7 Å². The van der Waals surface area contributed by atoms with Crippen LogP contribution in [0.4, 0.5) is 4.39 Å². The van der Waals surface area contributed by atoms with Crippen LogP contribution in [0.3, 0.4) is 0 Å². The highest BCUT2D eigenvalue weighted by Gasteiger charge is 2.26. The maximum atomic E-state index is 14.0. The predicted octanol–water partition coefficient (Wildman–Crippen LogP) is 4.65. The Morgan fingerprint density at radius 3 is 2.61 bits per heavy atom. The van der Waals surface area contributed by atoms with Gasteiger partial charge in [0.25, 0.3) is 0 Å². The van der Waals surface area contributed by atoms with Crippen molar-refractivity contribution >= 4 is 11.0 Å². The lowest BCUT2D eigenvalue weighted by Crippen LogP contribution is -2.34. The Balaban J connectivity index is 1.41. The quantitative estimate of drug-likeness (QED) is 0.432. The van der Waals surface area contributed by atoms with Gasteiger partial charge in [0.15, 0.2) is 0 Å². The lowest BCUT2D eigenvalue weighted by molar-refractivity contribution is 0.180. The first-order valence-corrected chi connectivity index (χ1v) is 11.5. The fourth-order valence-electron chi connectivity index (χ4n) is 5.05. The molecule has 1 fully saturated rings. The highest BCUT2D eigenvalue weighted by atomic mass is 19.1. The maximum Gasteiger partial charge on any atom is 0.125 e. The monoisotopic (exact) mass is 447 g/mol. The van der Waals surface area contributed by atoms with Crippen LogP contribution in [0.15, 0.2) is 48.7 Å². The van der Waals surface area contributed by atoms with Crippen LogP contribution in [-0.4, -0.2) is 44.4 Å². The molecule has 1 aliphatic heterocycles. The van der Waals surface area contributed by atoms with Crippen LogP contribution in [0, 0.1) is 12.7 Å². The third kappa shape index (κ3) is 4.37. The van der Waals surface area contributed by atoms with Gasteiger partial charge in [-0.05, 0) is 38.0 Å². The zero-order chi connectivity index (χ0) is 22.9. The topological polar surface area (TPSA) is 48.1 Å². The normalized spacial score (nSPS) is 15.4. The summed E-state index contributed by atoms with van der Waals surface area (Å²) < 4.78 is 23.8. The van der Waals surface area contributed by atoms with Crippen LogP contribution in [0.1, 0.15) is 41.5 Å². The molecule has 2 aromatic carbocycles. The number of para-hydroxylation sites is 1. The second kappa shape index (κ2) is 8.98. The minimum absolute atomic E-state index is 0.252. The van der Waals surface area contributed by atoms with Gasteiger partial charge in [0, 0.05) is 62.5 Å². The van der Waals surface area contributed by atoms with Crippen molar-refractivity contribution in [3.8, 4) is 5.75 Å². The van der Waals surface area contributed by atoms with Gasteiger partial charge >= 0.3 is 0 Å². The summed E-state index contributed by atoms with van der Waals surface area (Å²) in [5.74, 6) is 1.56. The highest BCUT2D eigenvalue weighted by Crippen LogP contribution is 2.32. The average Bonchev–Trinajstić information content (AvgIpc) is 3.32. The molecule has 0 N–H and O–H groups in total. The van der Waals surface area contributed by atoms with Crippen LogP contribution < -0.4 is 4.74 Å². The minimum Gasteiger partial charge on any atom is -0.496 e. The second-order valence-corrected chi connectivity index (χ2v) is 8.94. The molecule has 0 bridgehead atoms. The van der Waals surface area contributed by atoms with E-state index >= 15 is 0 Å². The molecule has 1 saturated heterocycles. The summed E-state index contributed by atoms with van der Waals surface area (Å²) in [4.78, 5) is 7.36. The van der Waals surface area contributed by atoms with Gasteiger partial charge in [-0.15, -0.1) is 0 Å². The smallest absolute Gasteiger partial charge is 0.125 e. The van der Waals surface area contributed by atoms with Crippen molar-refractivity contribution in [3.63, 3.8) is 0 Å². The number of aromatic nitrogens is 4. The number of aryl methyl sites for hydroxylation is 2. The van der Waals surface area contributed by atoms with E-state index in [4.69, 9.17) is 9.72 Å². The van der Waals surface area contributed by atoms with Gasteiger partial charge in [-0.1, -0.05) is 18.2 Å². The number of piperidine rings is 1. The Bertz CT molecular complexity index is 1270. The molecule has 0 radical (unpaired) electrons. The van der Waals surface area contributed by atoms with Crippen LogP contribution in [0.2, 0.25) is 0 Å². The van der Waals surface area contributed by atoms with Crippen molar-refractivity contribution < 1.29 is 9.13 Å². The van der Waals surface area contributed by atoms with Gasteiger partial charge in [-0.25, -0.2) is 9.37 Å². The summed E-state index contributed by atoms with van der Waals surface area (Å²) in [6.07, 6.45) is 4.82. The molecule has 0 spiro atoms. The number of imidazole rings is 1. The van der Waals surface area contributed by atoms with E-state index in [1.807, 2.05) is 36.0 Å². The van der Waals surface area contributed by atoms with Crippen LogP contribution in [0.25, 0.3) is 11.0 Å². The summed E-state index contributed by atoms with van der Waals surface area (Å²) in [7, 11) is 3.66. The Morgan fingerprint density at radius 1 is 1.09 bits per heavy atom. The van der Waals surface area contributed by atoms with E-state index in [0.717, 1.165) is 60.8 Å². The molecule has 7 heteroatoms. The molecule has 5 rings (SSSR count). The van der Waals surface area contributed by atoms with E-state index in [-0.39, 0.29) is 5.82 Å². The van der Waals surface area contributed by atoms with Crippen molar-refractivity contribution in [2.45, 2.75) is 38.8 Å². The first kappa shape index (κ1) is 21.6. The molecule has 1 aliphatic rings. The summed E-state index contributed by atoms with van der Waals surface area (Å²) in [6, 6.07) is 13.3. The molecule has 6 nitrogen and oxygen atoms in total. The minimum atomic E-state index is -0.252. The largest absolute Gasteiger partial charge is 0.496 e. The Hall–Kier alpha value is -3.19. The molecule has 0 atom stereocenters. The molecule has 0 unspecified atom stereocenters. The predicted molar refractivity (Wildman–Crippen MR) is 127 cm³/mol. The number of rotatable bonds is 6. The molecule has 172 valence electrons. The maximum absolute atomic E-state index is 14.0.